The predicted molar refractivity (Wildman–Crippen MR) is 41.2 cm³/mol. The summed E-state index contributed by atoms with van der Waals surface area (Å²) in [5.41, 5.74) is 2.03. The van der Waals surface area contributed by atoms with Crippen LogP contribution in [0, 0.1) is 0 Å². The van der Waals surface area contributed by atoms with Crippen LogP contribution < -0.4 is 5.73 Å². The SMILES string of the molecule is CC(N)(C(=O)N1CC(O)C1)C(F)(F)F. The number of nitrogens with two attached hydrogens (primary N) is 1. The third-order valence-corrected chi connectivity index (χ3v) is 2.18. The average Bonchev–Trinajstić information content (AvgIpc) is 1.95. The van der Waals surface area contributed by atoms with Crippen LogP contribution in [-0.4, -0.2) is 46.8 Å². The van der Waals surface area contributed by atoms with Crippen LogP contribution in [-0.2, 0) is 4.79 Å². The lowest BCUT2D eigenvalue weighted by Gasteiger charge is -2.40. The van der Waals surface area contributed by atoms with Crippen molar-refractivity contribution >= 4 is 5.91 Å². The van der Waals surface area contributed by atoms with Gasteiger partial charge >= 0.3 is 6.18 Å². The van der Waals surface area contributed by atoms with E-state index in [2.05, 4.69) is 0 Å². The summed E-state index contributed by atoms with van der Waals surface area (Å²) in [6, 6.07) is 0. The van der Waals surface area contributed by atoms with Gasteiger partial charge in [-0.05, 0) is 6.92 Å². The van der Waals surface area contributed by atoms with Gasteiger partial charge in [-0.15, -0.1) is 0 Å². The number of rotatable bonds is 1. The molecule has 1 aliphatic heterocycles. The van der Waals surface area contributed by atoms with Gasteiger partial charge in [0.25, 0.3) is 5.91 Å². The van der Waals surface area contributed by atoms with E-state index in [0.717, 1.165) is 4.90 Å². The van der Waals surface area contributed by atoms with Crippen LogP contribution in [0.15, 0.2) is 0 Å². The zero-order valence-electron chi connectivity index (χ0n) is 7.51. The van der Waals surface area contributed by atoms with Crippen molar-refractivity contribution in [2.75, 3.05) is 13.1 Å². The maximum Gasteiger partial charge on any atom is 0.415 e. The molecule has 1 rings (SSSR count). The number of β-amino-alcohol motifs (C(OH)–C–C–N with tert-alkyl or cyclic N) is 1. The lowest BCUT2D eigenvalue weighted by atomic mass is 9.98. The Morgan fingerprint density at radius 3 is 2.21 bits per heavy atom. The molecule has 0 saturated carbocycles. The number of hydrogen-bond acceptors (Lipinski definition) is 3. The highest BCUT2D eigenvalue weighted by Gasteiger charge is 2.56. The standard InChI is InChI=1S/C7H11F3N2O2/c1-6(11,7(8,9)10)5(14)12-2-4(13)3-12/h4,13H,2-3,11H2,1H3. The molecule has 3 N–H and O–H groups in total. The zero-order valence-corrected chi connectivity index (χ0v) is 7.51. The van der Waals surface area contributed by atoms with Gasteiger partial charge in [-0.25, -0.2) is 0 Å². The first-order valence-corrected chi connectivity index (χ1v) is 3.99. The van der Waals surface area contributed by atoms with Crippen molar-refractivity contribution in [2.24, 2.45) is 5.73 Å². The summed E-state index contributed by atoms with van der Waals surface area (Å²) in [4.78, 5) is 12.1. The molecule has 0 aromatic carbocycles. The second-order valence-corrected chi connectivity index (χ2v) is 3.56. The molecule has 1 amide bonds. The van der Waals surface area contributed by atoms with Gasteiger partial charge in [-0.3, -0.25) is 4.79 Å². The number of carbonyl (C=O) groups is 1. The predicted octanol–water partition coefficient (Wildman–Crippen LogP) is -0.531. The van der Waals surface area contributed by atoms with Crippen molar-refractivity contribution in [3.8, 4) is 0 Å². The van der Waals surface area contributed by atoms with Gasteiger partial charge < -0.3 is 15.7 Å². The second kappa shape index (κ2) is 3.09. The van der Waals surface area contributed by atoms with E-state index in [0.29, 0.717) is 6.92 Å². The highest BCUT2D eigenvalue weighted by atomic mass is 19.4. The molecule has 82 valence electrons. The molecule has 0 spiro atoms. The summed E-state index contributed by atoms with van der Waals surface area (Å²) < 4.78 is 36.8. The maximum absolute atomic E-state index is 12.3. The van der Waals surface area contributed by atoms with E-state index in [1.54, 1.807) is 0 Å². The molecule has 7 heteroatoms. The fourth-order valence-corrected chi connectivity index (χ4v) is 1.07. The molecule has 0 aliphatic carbocycles. The number of hydrogen-bond donors (Lipinski definition) is 2. The first-order chi connectivity index (χ1) is 6.16. The van der Waals surface area contributed by atoms with E-state index in [1.807, 2.05) is 0 Å². The van der Waals surface area contributed by atoms with Crippen molar-refractivity contribution in [2.45, 2.75) is 24.7 Å². The number of amides is 1. The van der Waals surface area contributed by atoms with E-state index >= 15 is 0 Å². The number of carbonyl (C=O) groups excluding carboxylic acids is 1. The Hall–Kier alpha value is -0.820. The van der Waals surface area contributed by atoms with Gasteiger partial charge in [-0.1, -0.05) is 0 Å². The van der Waals surface area contributed by atoms with E-state index in [9.17, 15) is 18.0 Å². The van der Waals surface area contributed by atoms with Gasteiger partial charge in [0.1, 0.15) is 0 Å². The van der Waals surface area contributed by atoms with E-state index in [-0.39, 0.29) is 13.1 Å². The van der Waals surface area contributed by atoms with Gasteiger partial charge in [-0.2, -0.15) is 13.2 Å². The highest BCUT2D eigenvalue weighted by Crippen LogP contribution is 2.30. The maximum atomic E-state index is 12.3. The average molecular weight is 212 g/mol. The molecule has 14 heavy (non-hydrogen) atoms. The van der Waals surface area contributed by atoms with Crippen molar-refractivity contribution in [3.05, 3.63) is 0 Å². The highest BCUT2D eigenvalue weighted by molar-refractivity contribution is 5.87. The first kappa shape index (κ1) is 11.3. The monoisotopic (exact) mass is 212 g/mol. The van der Waals surface area contributed by atoms with E-state index < -0.39 is 23.7 Å². The van der Waals surface area contributed by atoms with Crippen molar-refractivity contribution in [1.29, 1.82) is 0 Å². The minimum atomic E-state index is -4.77. The molecular formula is C7H11F3N2O2. The lowest BCUT2D eigenvalue weighted by Crippen LogP contribution is -2.67. The molecule has 0 radical (unpaired) electrons. The molecule has 1 saturated heterocycles. The summed E-state index contributed by atoms with van der Waals surface area (Å²) >= 11 is 0. The Morgan fingerprint density at radius 2 is 1.93 bits per heavy atom. The molecule has 1 fully saturated rings. The zero-order chi connectivity index (χ0) is 11.1. The van der Waals surface area contributed by atoms with Crippen molar-refractivity contribution in [3.63, 3.8) is 0 Å². The Labute approximate surface area is 78.5 Å². The van der Waals surface area contributed by atoms with Crippen molar-refractivity contribution in [1.82, 2.24) is 4.90 Å². The fraction of sp³-hybridized carbons (Fsp3) is 0.857. The summed E-state index contributed by atoms with van der Waals surface area (Å²) in [5.74, 6) is -1.20. The molecule has 1 unspecified atom stereocenters. The molecule has 1 aliphatic rings. The normalized spacial score (nSPS) is 22.9. The molecule has 0 bridgehead atoms. The number of aliphatic hydroxyl groups excluding tert-OH is 1. The number of nitrogens with zero attached hydrogens (tertiary/aromatic N) is 1. The van der Waals surface area contributed by atoms with Gasteiger partial charge in [0.15, 0.2) is 5.54 Å². The number of alkyl halides is 3. The number of halogens is 3. The van der Waals surface area contributed by atoms with Gasteiger partial charge in [0.05, 0.1) is 6.10 Å². The summed E-state index contributed by atoms with van der Waals surface area (Å²) in [6.45, 7) is 0.462. The Morgan fingerprint density at radius 1 is 1.50 bits per heavy atom. The lowest BCUT2D eigenvalue weighted by molar-refractivity contribution is -0.198. The van der Waals surface area contributed by atoms with Crippen LogP contribution in [0.4, 0.5) is 13.2 Å². The number of aliphatic hydroxyl groups is 1. The van der Waals surface area contributed by atoms with Gasteiger partial charge in [0, 0.05) is 13.1 Å². The third kappa shape index (κ3) is 1.69. The number of likely N-dealkylation sites (tertiary alicyclic amines) is 1. The quantitative estimate of drug-likeness (QED) is 0.614. The largest absolute Gasteiger partial charge is 0.415 e. The van der Waals surface area contributed by atoms with Crippen LogP contribution in [0.25, 0.3) is 0 Å². The van der Waals surface area contributed by atoms with Gasteiger partial charge in [0.2, 0.25) is 0 Å². The summed E-state index contributed by atoms with van der Waals surface area (Å²) in [7, 11) is 0. The second-order valence-electron chi connectivity index (χ2n) is 3.56. The first-order valence-electron chi connectivity index (χ1n) is 3.99. The molecular weight excluding hydrogens is 201 g/mol. The third-order valence-electron chi connectivity index (χ3n) is 2.18. The summed E-state index contributed by atoms with van der Waals surface area (Å²) in [6.07, 6.45) is -5.51. The van der Waals surface area contributed by atoms with Crippen LogP contribution in [0.3, 0.4) is 0 Å². The Kier molecular flexibility index (Phi) is 2.49. The topological polar surface area (TPSA) is 66.6 Å². The van der Waals surface area contributed by atoms with Crippen LogP contribution in [0.2, 0.25) is 0 Å². The van der Waals surface area contributed by atoms with Crippen LogP contribution in [0.5, 0.6) is 0 Å². The molecule has 1 heterocycles. The Balaban J connectivity index is 2.69. The molecule has 4 nitrogen and oxygen atoms in total. The van der Waals surface area contributed by atoms with Crippen LogP contribution >= 0.6 is 0 Å². The van der Waals surface area contributed by atoms with E-state index in [4.69, 9.17) is 10.8 Å². The minimum Gasteiger partial charge on any atom is -0.389 e. The van der Waals surface area contributed by atoms with E-state index in [1.165, 1.54) is 0 Å². The van der Waals surface area contributed by atoms with Crippen LogP contribution in [0.1, 0.15) is 6.92 Å². The smallest absolute Gasteiger partial charge is 0.389 e. The van der Waals surface area contributed by atoms with Crippen molar-refractivity contribution < 1.29 is 23.1 Å². The fourth-order valence-electron chi connectivity index (χ4n) is 1.07. The summed E-state index contributed by atoms with van der Waals surface area (Å²) in [5, 5.41) is 8.82. The Bertz CT molecular complexity index is 246. The molecule has 0 aromatic heterocycles. The molecule has 1 atom stereocenters. The minimum absolute atomic E-state index is 0.0816. The molecule has 0 aromatic rings.